The summed E-state index contributed by atoms with van der Waals surface area (Å²) < 4.78 is 0. The van der Waals surface area contributed by atoms with E-state index in [1.165, 1.54) is 6.42 Å². The molecule has 118 valence electrons. The molecule has 6 heteroatoms. The lowest BCUT2D eigenvalue weighted by molar-refractivity contribution is -0.140. The van der Waals surface area contributed by atoms with Crippen LogP contribution in [0.25, 0.3) is 0 Å². The molecule has 0 aliphatic heterocycles. The molecule has 2 atom stereocenters. The van der Waals surface area contributed by atoms with Gasteiger partial charge >= 0.3 is 5.97 Å². The van der Waals surface area contributed by atoms with E-state index in [0.717, 1.165) is 25.7 Å². The number of carboxylic acid groups (broad SMARTS) is 1. The van der Waals surface area contributed by atoms with E-state index in [-0.39, 0.29) is 24.4 Å². The summed E-state index contributed by atoms with van der Waals surface area (Å²) in [6, 6.07) is 0.215. The molecule has 2 amide bonds. The Hall–Kier alpha value is -1.59. The van der Waals surface area contributed by atoms with Crippen molar-refractivity contribution in [1.29, 1.82) is 0 Å². The number of aliphatic carboxylic acids is 1. The van der Waals surface area contributed by atoms with Crippen LogP contribution in [0.4, 0.5) is 0 Å². The van der Waals surface area contributed by atoms with Gasteiger partial charge in [0.2, 0.25) is 11.8 Å². The summed E-state index contributed by atoms with van der Waals surface area (Å²) >= 11 is 0. The van der Waals surface area contributed by atoms with Gasteiger partial charge in [0, 0.05) is 6.04 Å². The van der Waals surface area contributed by atoms with E-state index in [0.29, 0.717) is 0 Å². The molecule has 2 aliphatic carbocycles. The summed E-state index contributed by atoms with van der Waals surface area (Å²) in [6.45, 7) is 3.45. The smallest absolute Gasteiger partial charge is 0.307 e. The monoisotopic (exact) mass is 296 g/mol. The Balaban J connectivity index is 1.74. The topological polar surface area (TPSA) is 95.5 Å². The van der Waals surface area contributed by atoms with Crippen LogP contribution >= 0.6 is 0 Å². The molecule has 2 aliphatic rings. The third-order valence-electron chi connectivity index (χ3n) is 4.77. The molecule has 0 aromatic rings. The van der Waals surface area contributed by atoms with Crippen LogP contribution in [0.3, 0.4) is 0 Å². The van der Waals surface area contributed by atoms with Crippen molar-refractivity contribution < 1.29 is 19.5 Å². The van der Waals surface area contributed by atoms with Crippen LogP contribution in [-0.2, 0) is 14.4 Å². The molecule has 0 saturated heterocycles. The van der Waals surface area contributed by atoms with Crippen molar-refractivity contribution >= 4 is 17.8 Å². The highest BCUT2D eigenvalue weighted by Crippen LogP contribution is 2.58. The van der Waals surface area contributed by atoms with Crippen LogP contribution in [0, 0.1) is 17.3 Å². The summed E-state index contributed by atoms with van der Waals surface area (Å²) in [5, 5.41) is 14.5. The van der Waals surface area contributed by atoms with Gasteiger partial charge in [0.15, 0.2) is 0 Å². The van der Waals surface area contributed by atoms with E-state index >= 15 is 0 Å². The van der Waals surface area contributed by atoms with Gasteiger partial charge in [-0.2, -0.15) is 0 Å². The van der Waals surface area contributed by atoms with Gasteiger partial charge in [0.05, 0.1) is 18.4 Å². The Labute approximate surface area is 124 Å². The predicted octanol–water partition coefficient (Wildman–Crippen LogP) is 0.908. The van der Waals surface area contributed by atoms with Crippen LogP contribution in [0.1, 0.15) is 46.0 Å². The molecule has 21 heavy (non-hydrogen) atoms. The van der Waals surface area contributed by atoms with Gasteiger partial charge in [-0.1, -0.05) is 33.1 Å². The van der Waals surface area contributed by atoms with Gasteiger partial charge in [-0.3, -0.25) is 14.4 Å². The molecule has 0 heterocycles. The second-order valence-corrected chi connectivity index (χ2v) is 6.74. The van der Waals surface area contributed by atoms with Crippen LogP contribution in [0.15, 0.2) is 0 Å². The van der Waals surface area contributed by atoms with Crippen molar-refractivity contribution in [3.05, 3.63) is 0 Å². The zero-order valence-corrected chi connectivity index (χ0v) is 12.6. The quantitative estimate of drug-likeness (QED) is 0.702. The SMILES string of the molecule is CC1(C)[C@H](C(=O)O)[C@@H]1C(=O)NCC(=O)NC1CCCCC1. The number of amides is 2. The number of hydrogen-bond acceptors (Lipinski definition) is 3. The first-order valence-corrected chi connectivity index (χ1v) is 7.64. The summed E-state index contributed by atoms with van der Waals surface area (Å²) in [6.07, 6.45) is 5.48. The first-order chi connectivity index (χ1) is 9.84. The van der Waals surface area contributed by atoms with E-state index < -0.39 is 23.2 Å². The summed E-state index contributed by atoms with van der Waals surface area (Å²) in [4.78, 5) is 34.8. The van der Waals surface area contributed by atoms with E-state index in [9.17, 15) is 14.4 Å². The molecule has 0 aromatic heterocycles. The number of hydrogen-bond donors (Lipinski definition) is 3. The maximum absolute atomic E-state index is 12.0. The Kier molecular flexibility index (Phi) is 4.54. The Morgan fingerprint density at radius 2 is 1.71 bits per heavy atom. The van der Waals surface area contributed by atoms with Crippen LogP contribution in [0.5, 0.6) is 0 Å². The summed E-state index contributed by atoms with van der Waals surface area (Å²) in [5.74, 6) is -2.69. The normalized spacial score (nSPS) is 27.7. The lowest BCUT2D eigenvalue weighted by atomic mass is 9.95. The van der Waals surface area contributed by atoms with E-state index in [1.807, 2.05) is 0 Å². The molecule has 0 radical (unpaired) electrons. The van der Waals surface area contributed by atoms with Crippen molar-refractivity contribution in [2.75, 3.05) is 6.54 Å². The number of carbonyl (C=O) groups is 3. The fourth-order valence-corrected chi connectivity index (χ4v) is 3.39. The third kappa shape index (κ3) is 3.54. The molecule has 2 saturated carbocycles. The van der Waals surface area contributed by atoms with Crippen molar-refractivity contribution in [2.24, 2.45) is 17.3 Å². The maximum Gasteiger partial charge on any atom is 0.307 e. The zero-order valence-electron chi connectivity index (χ0n) is 12.6. The first-order valence-electron chi connectivity index (χ1n) is 7.64. The highest BCUT2D eigenvalue weighted by Gasteiger charge is 2.65. The standard InChI is InChI=1S/C15H24N2O4/c1-15(2)11(12(15)14(20)21)13(19)16-8-10(18)17-9-6-4-3-5-7-9/h9,11-12H,3-8H2,1-2H3,(H,16,19)(H,17,18)(H,20,21)/t11-,12+/m1/s1. The molecule has 0 spiro atoms. The molecule has 2 rings (SSSR count). The zero-order chi connectivity index (χ0) is 15.6. The predicted molar refractivity (Wildman–Crippen MR) is 76.4 cm³/mol. The molecule has 3 N–H and O–H groups in total. The maximum atomic E-state index is 12.0. The second kappa shape index (κ2) is 6.03. The average Bonchev–Trinajstić information content (AvgIpc) is 3.00. The number of carboxylic acids is 1. The van der Waals surface area contributed by atoms with Gasteiger partial charge in [-0.25, -0.2) is 0 Å². The molecule has 6 nitrogen and oxygen atoms in total. The van der Waals surface area contributed by atoms with Gasteiger partial charge in [-0.15, -0.1) is 0 Å². The summed E-state index contributed by atoms with van der Waals surface area (Å²) in [7, 11) is 0. The van der Waals surface area contributed by atoms with Gasteiger partial charge in [0.1, 0.15) is 0 Å². The fourth-order valence-electron chi connectivity index (χ4n) is 3.39. The van der Waals surface area contributed by atoms with Crippen LogP contribution < -0.4 is 10.6 Å². The van der Waals surface area contributed by atoms with Crippen LogP contribution in [-0.4, -0.2) is 35.5 Å². The number of carbonyl (C=O) groups excluding carboxylic acids is 2. The Morgan fingerprint density at radius 1 is 1.10 bits per heavy atom. The van der Waals surface area contributed by atoms with Crippen molar-refractivity contribution in [2.45, 2.75) is 52.0 Å². The molecular formula is C15H24N2O4. The average molecular weight is 296 g/mol. The molecule has 0 bridgehead atoms. The number of rotatable bonds is 5. The minimum absolute atomic E-state index is 0.0751. The molecule has 0 unspecified atom stereocenters. The lowest BCUT2D eigenvalue weighted by Gasteiger charge is -2.22. The van der Waals surface area contributed by atoms with Gasteiger partial charge in [-0.05, 0) is 18.3 Å². The second-order valence-electron chi connectivity index (χ2n) is 6.74. The van der Waals surface area contributed by atoms with Crippen molar-refractivity contribution in [1.82, 2.24) is 10.6 Å². The summed E-state index contributed by atoms with van der Waals surface area (Å²) in [5.41, 5.74) is -0.532. The third-order valence-corrected chi connectivity index (χ3v) is 4.77. The number of nitrogens with one attached hydrogen (secondary N) is 2. The fraction of sp³-hybridized carbons (Fsp3) is 0.800. The van der Waals surface area contributed by atoms with Gasteiger partial charge < -0.3 is 15.7 Å². The Morgan fingerprint density at radius 3 is 2.24 bits per heavy atom. The Bertz CT molecular complexity index is 441. The molecule has 2 fully saturated rings. The van der Waals surface area contributed by atoms with E-state index in [4.69, 9.17) is 5.11 Å². The van der Waals surface area contributed by atoms with Crippen molar-refractivity contribution in [3.63, 3.8) is 0 Å². The largest absolute Gasteiger partial charge is 0.481 e. The highest BCUT2D eigenvalue weighted by molar-refractivity contribution is 5.93. The van der Waals surface area contributed by atoms with Crippen molar-refractivity contribution in [3.8, 4) is 0 Å². The van der Waals surface area contributed by atoms with E-state index in [1.54, 1.807) is 13.8 Å². The minimum atomic E-state index is -0.952. The highest BCUT2D eigenvalue weighted by atomic mass is 16.4. The molecular weight excluding hydrogens is 272 g/mol. The first kappa shape index (κ1) is 15.8. The van der Waals surface area contributed by atoms with Crippen LogP contribution in [0.2, 0.25) is 0 Å². The van der Waals surface area contributed by atoms with Gasteiger partial charge in [0.25, 0.3) is 0 Å². The molecule has 0 aromatic carbocycles. The van der Waals surface area contributed by atoms with E-state index in [2.05, 4.69) is 10.6 Å². The lowest BCUT2D eigenvalue weighted by Crippen LogP contribution is -2.43. The minimum Gasteiger partial charge on any atom is -0.481 e.